The van der Waals surface area contributed by atoms with Crippen molar-refractivity contribution in [2.75, 3.05) is 7.05 Å². The molecule has 1 atom stereocenters. The van der Waals surface area contributed by atoms with Crippen molar-refractivity contribution in [3.05, 3.63) is 36.0 Å². The molecule has 1 unspecified atom stereocenters. The Hall–Kier alpha value is -1.85. The maximum absolute atomic E-state index is 11.6. The number of fused-ring (bicyclic) bond motifs is 1. The lowest BCUT2D eigenvalue weighted by Crippen LogP contribution is -2.46. The van der Waals surface area contributed by atoms with Crippen molar-refractivity contribution >= 4 is 16.8 Å². The van der Waals surface area contributed by atoms with Gasteiger partial charge in [-0.1, -0.05) is 18.2 Å². The topological polar surface area (TPSA) is 72.1 Å². The van der Waals surface area contributed by atoms with Gasteiger partial charge in [0.2, 0.25) is 0 Å². The van der Waals surface area contributed by atoms with Gasteiger partial charge in [-0.2, -0.15) is 0 Å². The number of nitrogens with one attached hydrogen (secondary N) is 2. The Kier molecular flexibility index (Phi) is 3.64. The van der Waals surface area contributed by atoms with E-state index in [9.17, 15) is 4.79 Å². The third-order valence-electron chi connectivity index (χ3n) is 3.00. The van der Waals surface area contributed by atoms with E-state index in [0.717, 1.165) is 16.5 Å². The number of hydrogen-bond donors (Lipinski definition) is 3. The van der Waals surface area contributed by atoms with Crippen LogP contribution in [0.1, 0.15) is 5.56 Å². The van der Waals surface area contributed by atoms with E-state index in [0.29, 0.717) is 6.42 Å². The van der Waals surface area contributed by atoms with Gasteiger partial charge in [-0.3, -0.25) is 10.2 Å². The van der Waals surface area contributed by atoms with E-state index in [1.54, 1.807) is 7.05 Å². The van der Waals surface area contributed by atoms with E-state index in [-0.39, 0.29) is 5.91 Å². The zero-order chi connectivity index (χ0) is 13.1. The molecule has 1 heterocycles. The third-order valence-corrected chi connectivity index (χ3v) is 3.00. The third kappa shape index (κ3) is 2.37. The lowest BCUT2D eigenvalue weighted by atomic mass is 10.1. The van der Waals surface area contributed by atoms with E-state index < -0.39 is 6.04 Å². The van der Waals surface area contributed by atoms with Crippen LogP contribution in [0.15, 0.2) is 30.5 Å². The molecule has 0 aliphatic heterocycles. The molecule has 5 nitrogen and oxygen atoms in total. The second-order valence-corrected chi connectivity index (χ2v) is 4.33. The maximum Gasteiger partial charge on any atom is 0.251 e. The van der Waals surface area contributed by atoms with Crippen molar-refractivity contribution < 1.29 is 4.79 Å². The molecule has 2 rings (SSSR count). The molecule has 0 spiro atoms. The highest BCUT2D eigenvalue weighted by molar-refractivity contribution is 5.86. The number of nitrogens with zero attached hydrogens (tertiary/aromatic N) is 1. The van der Waals surface area contributed by atoms with Crippen LogP contribution in [0.2, 0.25) is 0 Å². The van der Waals surface area contributed by atoms with Gasteiger partial charge in [0.15, 0.2) is 0 Å². The highest BCUT2D eigenvalue weighted by atomic mass is 16.2. The molecule has 0 bridgehead atoms. The zero-order valence-electron chi connectivity index (χ0n) is 10.6. The van der Waals surface area contributed by atoms with Crippen LogP contribution in [0.3, 0.4) is 0 Å². The van der Waals surface area contributed by atoms with Gasteiger partial charge in [0.1, 0.15) is 0 Å². The SMILES string of the molecule is CNNC(=O)C(N)Cc1cn(C)c2ccccc12. The molecule has 1 amide bonds. The fourth-order valence-electron chi connectivity index (χ4n) is 2.13. The molecular weight excluding hydrogens is 228 g/mol. The Morgan fingerprint density at radius 1 is 1.44 bits per heavy atom. The number of hydrogen-bond acceptors (Lipinski definition) is 3. The first-order valence-corrected chi connectivity index (χ1v) is 5.88. The molecule has 1 aromatic heterocycles. The van der Waals surface area contributed by atoms with E-state index >= 15 is 0 Å². The number of aryl methyl sites for hydroxylation is 1. The smallest absolute Gasteiger partial charge is 0.251 e. The molecule has 0 aliphatic rings. The summed E-state index contributed by atoms with van der Waals surface area (Å²) in [5.74, 6) is -0.203. The summed E-state index contributed by atoms with van der Waals surface area (Å²) in [7, 11) is 3.63. The minimum Gasteiger partial charge on any atom is -0.350 e. The standard InChI is InChI=1S/C13H18N4O/c1-15-16-13(18)11(14)7-9-8-17(2)12-6-4-3-5-10(9)12/h3-6,8,11,15H,7,14H2,1-2H3,(H,16,18). The zero-order valence-corrected chi connectivity index (χ0v) is 10.6. The summed E-state index contributed by atoms with van der Waals surface area (Å²) in [5, 5.41) is 1.15. The first kappa shape index (κ1) is 12.6. The van der Waals surface area contributed by atoms with Crippen molar-refractivity contribution in [2.45, 2.75) is 12.5 Å². The number of amides is 1. The normalized spacial score (nSPS) is 12.6. The first-order valence-electron chi connectivity index (χ1n) is 5.88. The predicted molar refractivity (Wildman–Crippen MR) is 71.8 cm³/mol. The number of hydrazine groups is 1. The van der Waals surface area contributed by atoms with Crippen molar-refractivity contribution in [2.24, 2.45) is 12.8 Å². The van der Waals surface area contributed by atoms with Gasteiger partial charge in [-0.05, 0) is 18.1 Å². The van der Waals surface area contributed by atoms with Gasteiger partial charge in [-0.15, -0.1) is 0 Å². The number of benzene rings is 1. The van der Waals surface area contributed by atoms with Gasteiger partial charge >= 0.3 is 0 Å². The quantitative estimate of drug-likeness (QED) is 0.679. The van der Waals surface area contributed by atoms with Crippen LogP contribution >= 0.6 is 0 Å². The minimum absolute atomic E-state index is 0.203. The average Bonchev–Trinajstić information content (AvgIpc) is 2.67. The highest BCUT2D eigenvalue weighted by Crippen LogP contribution is 2.21. The molecule has 0 radical (unpaired) electrons. The average molecular weight is 246 g/mol. The monoisotopic (exact) mass is 246 g/mol. The Morgan fingerprint density at radius 3 is 2.89 bits per heavy atom. The van der Waals surface area contributed by atoms with Crippen LogP contribution in [0, 0.1) is 0 Å². The summed E-state index contributed by atoms with van der Waals surface area (Å²) in [6.45, 7) is 0. The van der Waals surface area contributed by atoms with E-state index in [2.05, 4.69) is 16.9 Å². The van der Waals surface area contributed by atoms with Gasteiger partial charge in [-0.25, -0.2) is 5.43 Å². The van der Waals surface area contributed by atoms with Crippen molar-refractivity contribution in [1.82, 2.24) is 15.4 Å². The fourth-order valence-corrected chi connectivity index (χ4v) is 2.13. The highest BCUT2D eigenvalue weighted by Gasteiger charge is 2.16. The second kappa shape index (κ2) is 5.20. The van der Waals surface area contributed by atoms with Gasteiger partial charge in [0.25, 0.3) is 5.91 Å². The lowest BCUT2D eigenvalue weighted by molar-refractivity contribution is -0.123. The van der Waals surface area contributed by atoms with E-state index in [4.69, 9.17) is 5.73 Å². The molecule has 0 fully saturated rings. The molecule has 4 N–H and O–H groups in total. The van der Waals surface area contributed by atoms with Gasteiger partial charge in [0, 0.05) is 31.2 Å². The molecule has 1 aromatic carbocycles. The summed E-state index contributed by atoms with van der Waals surface area (Å²) in [6.07, 6.45) is 2.55. The van der Waals surface area contributed by atoms with Gasteiger partial charge in [0.05, 0.1) is 6.04 Å². The van der Waals surface area contributed by atoms with Crippen LogP contribution in [0.5, 0.6) is 0 Å². The molecule has 18 heavy (non-hydrogen) atoms. The van der Waals surface area contributed by atoms with Crippen molar-refractivity contribution in [1.29, 1.82) is 0 Å². The van der Waals surface area contributed by atoms with E-state index in [1.807, 2.05) is 36.0 Å². The summed E-state index contributed by atoms with van der Waals surface area (Å²) >= 11 is 0. The predicted octanol–water partition coefficient (Wildman–Crippen LogP) is 0.299. The Morgan fingerprint density at radius 2 is 2.17 bits per heavy atom. The van der Waals surface area contributed by atoms with Crippen LogP contribution in [-0.4, -0.2) is 23.6 Å². The summed E-state index contributed by atoms with van der Waals surface area (Å²) in [5.41, 5.74) is 13.2. The molecule has 5 heteroatoms. The number of aromatic nitrogens is 1. The molecule has 0 aliphatic carbocycles. The van der Waals surface area contributed by atoms with Crippen LogP contribution < -0.4 is 16.6 Å². The number of nitrogens with two attached hydrogens (primary N) is 1. The minimum atomic E-state index is -0.553. The van der Waals surface area contributed by atoms with Crippen LogP contribution in [0.25, 0.3) is 10.9 Å². The van der Waals surface area contributed by atoms with Crippen molar-refractivity contribution in [3.63, 3.8) is 0 Å². The molecular formula is C13H18N4O. The molecule has 2 aromatic rings. The molecule has 96 valence electrons. The van der Waals surface area contributed by atoms with Crippen LogP contribution in [-0.2, 0) is 18.3 Å². The van der Waals surface area contributed by atoms with Crippen LogP contribution in [0.4, 0.5) is 0 Å². The Balaban J connectivity index is 2.24. The van der Waals surface area contributed by atoms with Crippen molar-refractivity contribution in [3.8, 4) is 0 Å². The number of rotatable bonds is 4. The molecule has 0 saturated carbocycles. The Bertz CT molecular complexity index is 561. The molecule has 0 saturated heterocycles. The maximum atomic E-state index is 11.6. The summed E-state index contributed by atoms with van der Waals surface area (Å²) < 4.78 is 2.05. The number of carbonyl (C=O) groups excluding carboxylic acids is 1. The number of carbonyl (C=O) groups is 1. The largest absolute Gasteiger partial charge is 0.350 e. The number of para-hydroxylation sites is 1. The fraction of sp³-hybridized carbons (Fsp3) is 0.308. The Labute approximate surface area is 106 Å². The van der Waals surface area contributed by atoms with Gasteiger partial charge < -0.3 is 10.3 Å². The first-order chi connectivity index (χ1) is 8.63. The lowest BCUT2D eigenvalue weighted by Gasteiger charge is -2.10. The summed E-state index contributed by atoms with van der Waals surface area (Å²) in [4.78, 5) is 11.6. The second-order valence-electron chi connectivity index (χ2n) is 4.33. The summed E-state index contributed by atoms with van der Waals surface area (Å²) in [6, 6.07) is 7.54. The van der Waals surface area contributed by atoms with E-state index in [1.165, 1.54) is 0 Å².